The minimum Gasteiger partial charge on any atom is -0.506 e. The predicted octanol–water partition coefficient (Wildman–Crippen LogP) is -2.65. The van der Waals surface area contributed by atoms with Gasteiger partial charge in [0, 0.05) is 48.6 Å². The molecule has 1 aromatic heterocycles. The van der Waals surface area contributed by atoms with Crippen LogP contribution >= 0.6 is 7.82 Å². The third-order valence-electron chi connectivity index (χ3n) is 8.49. The van der Waals surface area contributed by atoms with E-state index >= 15 is 0 Å². The maximum atomic E-state index is 11.3. The Morgan fingerprint density at radius 1 is 1.13 bits per heavy atom. The summed E-state index contributed by atoms with van der Waals surface area (Å²) in [5.74, 6) is 0.302. The predicted molar refractivity (Wildman–Crippen MR) is 160 cm³/mol. The van der Waals surface area contributed by atoms with Gasteiger partial charge in [0.1, 0.15) is 41.5 Å². The number of phosphoric ester groups is 1. The number of aromatic hydroxyl groups is 1. The number of aromatic nitrogens is 1. The molecule has 3 heterocycles. The number of ether oxygens (including phenoxy) is 4. The van der Waals surface area contributed by atoms with Crippen molar-refractivity contribution in [3.8, 4) is 5.75 Å². The molecule has 0 unspecified atom stereocenters. The van der Waals surface area contributed by atoms with Crippen LogP contribution in [0.4, 0.5) is 0 Å². The van der Waals surface area contributed by atoms with Crippen molar-refractivity contribution in [1.29, 1.82) is 0 Å². The highest BCUT2D eigenvalue weighted by molar-refractivity contribution is 7.46. The van der Waals surface area contributed by atoms with Gasteiger partial charge in [-0.1, -0.05) is 0 Å². The van der Waals surface area contributed by atoms with Crippen LogP contribution in [-0.2, 0) is 41.2 Å². The van der Waals surface area contributed by atoms with Gasteiger partial charge in [-0.05, 0) is 33.7 Å². The maximum Gasteiger partial charge on any atom is 0.469 e. The third-order valence-corrected chi connectivity index (χ3v) is 8.95. The minimum absolute atomic E-state index is 0.0432. The molecule has 19 heteroatoms. The zero-order valence-electron chi connectivity index (χ0n) is 25.9. The van der Waals surface area contributed by atoms with Crippen LogP contribution in [0.3, 0.4) is 0 Å². The molecule has 4 rings (SSSR count). The highest BCUT2D eigenvalue weighted by Crippen LogP contribution is 2.38. The van der Waals surface area contributed by atoms with Crippen molar-refractivity contribution in [2.75, 3.05) is 13.7 Å². The van der Waals surface area contributed by atoms with Crippen LogP contribution in [-0.4, -0.2) is 116 Å². The number of nitrogens with two attached hydrogens (primary N) is 3. The Morgan fingerprint density at radius 3 is 2.41 bits per heavy atom. The van der Waals surface area contributed by atoms with Crippen LogP contribution in [0.2, 0.25) is 0 Å². The Balaban J connectivity index is 1.40. The number of nitrogens with zero attached hydrogens (tertiary/aromatic N) is 1. The lowest BCUT2D eigenvalue weighted by Crippen LogP contribution is -2.68. The molecule has 0 bridgehead atoms. The summed E-state index contributed by atoms with van der Waals surface area (Å²) < 4.78 is 39.4. The van der Waals surface area contributed by atoms with Gasteiger partial charge < -0.3 is 77.0 Å². The molecule has 2 saturated heterocycles. The quantitative estimate of drug-likeness (QED) is 0.106. The van der Waals surface area contributed by atoms with E-state index in [2.05, 4.69) is 20.1 Å². The highest BCUT2D eigenvalue weighted by atomic mass is 31.2. The van der Waals surface area contributed by atoms with E-state index in [9.17, 15) is 25.0 Å². The van der Waals surface area contributed by atoms with E-state index in [0.717, 1.165) is 0 Å². The number of aliphatic hydroxyl groups is 3. The first-order chi connectivity index (χ1) is 21.5. The van der Waals surface area contributed by atoms with Crippen molar-refractivity contribution in [2.45, 2.75) is 113 Å². The van der Waals surface area contributed by atoms with Crippen LogP contribution in [0.5, 0.6) is 5.75 Å². The van der Waals surface area contributed by atoms with Gasteiger partial charge in [0.2, 0.25) is 6.29 Å². The number of rotatable bonds is 11. The number of pyridine rings is 1. The first-order valence-corrected chi connectivity index (χ1v) is 16.5. The molecular weight excluding hydrogens is 631 g/mol. The average molecular weight is 679 g/mol. The summed E-state index contributed by atoms with van der Waals surface area (Å²) in [7, 11) is -3.16. The van der Waals surface area contributed by atoms with Gasteiger partial charge in [-0.15, -0.1) is 0 Å². The fraction of sp³-hybridized carbons (Fsp3) is 0.741. The molecular formula is C27H47N6O12P. The van der Waals surface area contributed by atoms with E-state index < -0.39 is 81.2 Å². The molecule has 1 aromatic rings. The van der Waals surface area contributed by atoms with Crippen LogP contribution in [0.25, 0.3) is 0 Å². The number of aliphatic hydroxyl groups excluding tert-OH is 2. The third kappa shape index (κ3) is 8.72. The second kappa shape index (κ2) is 15.0. The summed E-state index contributed by atoms with van der Waals surface area (Å²) in [4.78, 5) is 22.1. The van der Waals surface area contributed by atoms with Crippen LogP contribution in [0, 0.1) is 6.92 Å². The number of phosphoric acid groups is 1. The lowest BCUT2D eigenvalue weighted by molar-refractivity contribution is -0.303. The monoisotopic (exact) mass is 678 g/mol. The molecule has 14 N–H and O–H groups in total. The van der Waals surface area contributed by atoms with E-state index in [1.807, 2.05) is 0 Å². The molecule has 11 atom stereocenters. The summed E-state index contributed by atoms with van der Waals surface area (Å²) in [6.45, 7) is 2.55. The molecule has 262 valence electrons. The summed E-state index contributed by atoms with van der Waals surface area (Å²) in [5.41, 5.74) is 18.5. The first kappa shape index (κ1) is 36.8. The molecule has 0 aromatic carbocycles. The topological polar surface area (TPSA) is 300 Å². The number of allylic oxidation sites excluding steroid dienone is 1. The van der Waals surface area contributed by atoms with Crippen molar-refractivity contribution >= 4 is 7.82 Å². The highest BCUT2D eigenvalue weighted by Gasteiger charge is 2.50. The van der Waals surface area contributed by atoms with Crippen LogP contribution in [0.15, 0.2) is 18.2 Å². The SMILES string of the molecule is CN[C@@H]1[C@@H](O)[C@@H](O[C@H]2[C@@H](O)[C@H](O[C@H]3O/C(=C/NCc4c(COP(=O)(O)O)cnc(C)c4O)CC[C@H]3N)[C@@H](N)C[C@H]2N)OC[C@]1(C)O. The number of aryl methyl sites for hydroxylation is 1. The first-order valence-electron chi connectivity index (χ1n) is 14.9. The van der Waals surface area contributed by atoms with Gasteiger partial charge in [0.25, 0.3) is 0 Å². The average Bonchev–Trinajstić information content (AvgIpc) is 2.97. The summed E-state index contributed by atoms with van der Waals surface area (Å²) in [6.07, 6.45) is -2.85. The molecule has 46 heavy (non-hydrogen) atoms. The molecule has 1 aliphatic carbocycles. The molecule has 3 aliphatic rings. The Bertz CT molecular complexity index is 1270. The van der Waals surface area contributed by atoms with E-state index in [0.29, 0.717) is 29.9 Å². The van der Waals surface area contributed by atoms with Crippen molar-refractivity contribution in [1.82, 2.24) is 15.6 Å². The molecule has 0 amide bonds. The van der Waals surface area contributed by atoms with E-state index in [4.69, 9.17) is 45.9 Å². The van der Waals surface area contributed by atoms with Crippen molar-refractivity contribution in [2.24, 2.45) is 17.2 Å². The molecule has 0 spiro atoms. The fourth-order valence-electron chi connectivity index (χ4n) is 5.92. The van der Waals surface area contributed by atoms with Gasteiger partial charge in [0.05, 0.1) is 31.0 Å². The normalized spacial score (nSPS) is 38.0. The Hall–Kier alpha value is -2.00. The smallest absolute Gasteiger partial charge is 0.469 e. The van der Waals surface area contributed by atoms with Gasteiger partial charge in [-0.25, -0.2) is 4.57 Å². The number of hydrogen-bond donors (Lipinski definition) is 11. The molecule has 18 nitrogen and oxygen atoms in total. The lowest BCUT2D eigenvalue weighted by Gasteiger charge is -2.48. The Morgan fingerprint density at radius 2 is 1.78 bits per heavy atom. The Kier molecular flexibility index (Phi) is 12.0. The number of nitrogens with one attached hydrogen (secondary N) is 2. The van der Waals surface area contributed by atoms with Gasteiger partial charge in [-0.3, -0.25) is 9.51 Å². The molecule has 0 radical (unpaired) electrons. The summed E-state index contributed by atoms with van der Waals surface area (Å²) in [6, 6.07) is -2.77. The summed E-state index contributed by atoms with van der Waals surface area (Å²) in [5, 5.41) is 49.1. The Labute approximate surface area is 266 Å². The minimum atomic E-state index is -4.75. The van der Waals surface area contributed by atoms with Crippen molar-refractivity contribution in [3.63, 3.8) is 0 Å². The fourth-order valence-corrected chi connectivity index (χ4v) is 6.22. The molecule has 3 fully saturated rings. The van der Waals surface area contributed by atoms with Gasteiger partial charge >= 0.3 is 7.82 Å². The maximum absolute atomic E-state index is 11.3. The zero-order chi connectivity index (χ0) is 34.0. The van der Waals surface area contributed by atoms with Crippen LogP contribution < -0.4 is 27.8 Å². The zero-order valence-corrected chi connectivity index (χ0v) is 26.8. The van der Waals surface area contributed by atoms with Crippen molar-refractivity contribution in [3.05, 3.63) is 35.0 Å². The lowest BCUT2D eigenvalue weighted by atomic mass is 9.84. The van der Waals surface area contributed by atoms with Crippen LogP contribution in [0.1, 0.15) is 43.0 Å². The second-order valence-corrected chi connectivity index (χ2v) is 13.4. The van der Waals surface area contributed by atoms with Crippen molar-refractivity contribution < 1.29 is 58.2 Å². The van der Waals surface area contributed by atoms with Gasteiger partial charge in [0.15, 0.2) is 6.29 Å². The molecule has 2 aliphatic heterocycles. The van der Waals surface area contributed by atoms with Gasteiger partial charge in [-0.2, -0.15) is 0 Å². The number of likely N-dealkylation sites (N-methyl/N-ethyl adjacent to an activating group) is 1. The second-order valence-electron chi connectivity index (χ2n) is 12.2. The van der Waals surface area contributed by atoms with E-state index in [1.54, 1.807) is 20.2 Å². The largest absolute Gasteiger partial charge is 0.506 e. The summed E-state index contributed by atoms with van der Waals surface area (Å²) >= 11 is 0. The van der Waals surface area contributed by atoms with E-state index in [-0.39, 0.29) is 30.9 Å². The number of hydrogen-bond acceptors (Lipinski definition) is 16. The molecule has 1 saturated carbocycles. The standard InChI is InChI=1S/C27H47N6O12P/c1-12-19(34)15(13(7-33-12)10-42-46(38,39)40)9-32-8-14-4-5-16(28)25(43-14)44-22-17(29)6-18(30)23(20(22)35)45-26-21(36)24(31-3)27(2,37)11-41-26/h7-8,16-18,20-26,31-32,34-37H,4-6,9-11,28-30H2,1-3H3,(H2,38,39,40)/b14-8+/t16-,17+,18-,20+,21-,22-,23-,24-,25-,26-,27+/m1/s1. The van der Waals surface area contributed by atoms with E-state index in [1.165, 1.54) is 13.1 Å².